The summed E-state index contributed by atoms with van der Waals surface area (Å²) >= 11 is 0. The fourth-order valence-electron chi connectivity index (χ4n) is 1.45. The van der Waals surface area contributed by atoms with E-state index in [4.69, 9.17) is 15.7 Å². The van der Waals surface area contributed by atoms with Crippen molar-refractivity contribution in [2.24, 2.45) is 5.73 Å². The van der Waals surface area contributed by atoms with Crippen LogP contribution < -0.4 is 10.5 Å². The molecule has 0 aromatic heterocycles. The molecule has 0 aliphatic rings. The molecule has 0 aliphatic carbocycles. The van der Waals surface area contributed by atoms with Gasteiger partial charge < -0.3 is 10.5 Å². The monoisotopic (exact) mass is 252 g/mol. The van der Waals surface area contributed by atoms with Crippen molar-refractivity contribution < 1.29 is 8.95 Å². The lowest BCUT2D eigenvalue weighted by Gasteiger charge is -2.08. The van der Waals surface area contributed by atoms with Crippen LogP contribution in [0, 0.1) is 11.3 Å². The first kappa shape index (κ1) is 13.7. The van der Waals surface area contributed by atoms with Crippen LogP contribution in [0.5, 0.6) is 5.75 Å². The third-order valence-electron chi connectivity index (χ3n) is 2.30. The molecule has 0 bridgehead atoms. The Bertz CT molecular complexity index is 441. The predicted octanol–water partition coefficient (Wildman–Crippen LogP) is 1.16. The van der Waals surface area contributed by atoms with Crippen LogP contribution in [0.2, 0.25) is 0 Å². The van der Waals surface area contributed by atoms with Gasteiger partial charge in [-0.25, -0.2) is 0 Å². The Balaban J connectivity index is 2.81. The molecule has 4 nitrogen and oxygen atoms in total. The Labute approximate surface area is 104 Å². The van der Waals surface area contributed by atoms with E-state index < -0.39 is 10.8 Å². The van der Waals surface area contributed by atoms with Gasteiger partial charge in [0.1, 0.15) is 5.75 Å². The number of rotatable bonds is 6. The Morgan fingerprint density at radius 2 is 2.29 bits per heavy atom. The topological polar surface area (TPSA) is 76.1 Å². The summed E-state index contributed by atoms with van der Waals surface area (Å²) in [5, 5.41) is 8.82. The lowest BCUT2D eigenvalue weighted by Crippen LogP contribution is -2.08. The minimum absolute atomic E-state index is 0.401. The van der Waals surface area contributed by atoms with Gasteiger partial charge in [-0.3, -0.25) is 4.21 Å². The molecule has 0 spiro atoms. The predicted molar refractivity (Wildman–Crippen MR) is 68.1 cm³/mol. The first-order valence-electron chi connectivity index (χ1n) is 5.33. The summed E-state index contributed by atoms with van der Waals surface area (Å²) in [5.74, 6) is 1.65. The van der Waals surface area contributed by atoms with E-state index in [1.165, 1.54) is 0 Å². The number of hydrogen-bond acceptors (Lipinski definition) is 4. The zero-order valence-electron chi connectivity index (χ0n) is 9.81. The van der Waals surface area contributed by atoms with Crippen molar-refractivity contribution in [2.45, 2.75) is 12.2 Å². The maximum absolute atomic E-state index is 11.8. The SMILES string of the molecule is COc1ccc(C#N)cc1CS(=O)CCCN. The van der Waals surface area contributed by atoms with Crippen molar-refractivity contribution >= 4 is 10.8 Å². The minimum Gasteiger partial charge on any atom is -0.496 e. The Morgan fingerprint density at radius 3 is 2.88 bits per heavy atom. The number of hydrogen-bond donors (Lipinski definition) is 1. The van der Waals surface area contributed by atoms with Gasteiger partial charge in [-0.15, -0.1) is 0 Å². The number of nitrogens with two attached hydrogens (primary N) is 1. The molecule has 1 atom stereocenters. The molecule has 17 heavy (non-hydrogen) atoms. The van der Waals surface area contributed by atoms with E-state index in [9.17, 15) is 4.21 Å². The molecule has 92 valence electrons. The molecule has 1 aromatic carbocycles. The third-order valence-corrected chi connectivity index (χ3v) is 3.68. The molecule has 0 radical (unpaired) electrons. The quantitative estimate of drug-likeness (QED) is 0.824. The van der Waals surface area contributed by atoms with Crippen LogP contribution in [-0.4, -0.2) is 23.6 Å². The van der Waals surface area contributed by atoms with Crippen molar-refractivity contribution in [1.29, 1.82) is 5.26 Å². The van der Waals surface area contributed by atoms with E-state index in [1.54, 1.807) is 25.3 Å². The standard InChI is InChI=1S/C12H16N2O2S/c1-16-12-4-3-10(8-14)7-11(12)9-17(15)6-2-5-13/h3-4,7H,2,5-6,9,13H2,1H3. The molecule has 1 aromatic rings. The second-order valence-electron chi connectivity index (χ2n) is 3.57. The zero-order chi connectivity index (χ0) is 12.7. The maximum Gasteiger partial charge on any atom is 0.123 e. The second-order valence-corrected chi connectivity index (χ2v) is 5.15. The van der Waals surface area contributed by atoms with E-state index in [0.29, 0.717) is 29.4 Å². The number of nitriles is 1. The fraction of sp³-hybridized carbons (Fsp3) is 0.417. The smallest absolute Gasteiger partial charge is 0.123 e. The van der Waals surface area contributed by atoms with Gasteiger partial charge in [0, 0.05) is 22.1 Å². The van der Waals surface area contributed by atoms with Crippen LogP contribution in [0.25, 0.3) is 0 Å². The lowest BCUT2D eigenvalue weighted by atomic mass is 10.1. The normalized spacial score (nSPS) is 11.8. The van der Waals surface area contributed by atoms with Gasteiger partial charge in [-0.1, -0.05) is 0 Å². The van der Waals surface area contributed by atoms with Crippen molar-refractivity contribution in [1.82, 2.24) is 0 Å². The van der Waals surface area contributed by atoms with Gasteiger partial charge >= 0.3 is 0 Å². The van der Waals surface area contributed by atoms with Crippen molar-refractivity contribution in [3.63, 3.8) is 0 Å². The van der Waals surface area contributed by atoms with Gasteiger partial charge in [0.15, 0.2) is 0 Å². The molecular weight excluding hydrogens is 236 g/mol. The summed E-state index contributed by atoms with van der Waals surface area (Å²) in [6, 6.07) is 7.20. The minimum atomic E-state index is -0.962. The summed E-state index contributed by atoms with van der Waals surface area (Å²) in [4.78, 5) is 0. The van der Waals surface area contributed by atoms with Crippen LogP contribution >= 0.6 is 0 Å². The van der Waals surface area contributed by atoms with Crippen LogP contribution in [-0.2, 0) is 16.6 Å². The Hall–Kier alpha value is -1.38. The van der Waals surface area contributed by atoms with Gasteiger partial charge in [0.2, 0.25) is 0 Å². The van der Waals surface area contributed by atoms with Gasteiger partial charge in [0.25, 0.3) is 0 Å². The van der Waals surface area contributed by atoms with E-state index >= 15 is 0 Å². The average molecular weight is 252 g/mol. The van der Waals surface area contributed by atoms with Crippen molar-refractivity contribution in [3.8, 4) is 11.8 Å². The van der Waals surface area contributed by atoms with Gasteiger partial charge in [0.05, 0.1) is 24.5 Å². The number of benzene rings is 1. The molecule has 0 aliphatic heterocycles. The molecule has 0 fully saturated rings. The van der Waals surface area contributed by atoms with Crippen molar-refractivity contribution in [2.75, 3.05) is 19.4 Å². The maximum atomic E-state index is 11.8. The first-order valence-corrected chi connectivity index (χ1v) is 6.82. The largest absolute Gasteiger partial charge is 0.496 e. The van der Waals surface area contributed by atoms with Crippen LogP contribution in [0.3, 0.4) is 0 Å². The molecule has 2 N–H and O–H groups in total. The molecule has 1 rings (SSSR count). The molecule has 0 saturated heterocycles. The summed E-state index contributed by atoms with van der Waals surface area (Å²) < 4.78 is 16.9. The highest BCUT2D eigenvalue weighted by Crippen LogP contribution is 2.21. The van der Waals surface area contributed by atoms with E-state index in [2.05, 4.69) is 6.07 Å². The molecular formula is C12H16N2O2S. The third kappa shape index (κ3) is 4.17. The molecule has 1 unspecified atom stereocenters. The van der Waals surface area contributed by atoms with Gasteiger partial charge in [-0.2, -0.15) is 5.26 Å². The summed E-state index contributed by atoms with van der Waals surface area (Å²) in [7, 11) is 0.601. The van der Waals surface area contributed by atoms with Gasteiger partial charge in [-0.05, 0) is 31.2 Å². The van der Waals surface area contributed by atoms with Crippen LogP contribution in [0.1, 0.15) is 17.5 Å². The average Bonchev–Trinajstić information content (AvgIpc) is 2.36. The van der Waals surface area contributed by atoms with Crippen molar-refractivity contribution in [3.05, 3.63) is 29.3 Å². The van der Waals surface area contributed by atoms with Crippen LogP contribution in [0.15, 0.2) is 18.2 Å². The summed E-state index contributed by atoms with van der Waals surface area (Å²) in [6.07, 6.45) is 0.743. The number of methoxy groups -OCH3 is 1. The van der Waals surface area contributed by atoms with Crippen LogP contribution in [0.4, 0.5) is 0 Å². The fourth-order valence-corrected chi connectivity index (χ4v) is 2.66. The zero-order valence-corrected chi connectivity index (χ0v) is 10.6. The number of ether oxygens (including phenoxy) is 1. The first-order chi connectivity index (χ1) is 8.21. The summed E-state index contributed by atoms with van der Waals surface area (Å²) in [5.41, 5.74) is 6.73. The second kappa shape index (κ2) is 7.05. The summed E-state index contributed by atoms with van der Waals surface area (Å²) in [6.45, 7) is 0.543. The van der Waals surface area contributed by atoms with E-state index in [1.807, 2.05) is 0 Å². The molecule has 0 saturated carbocycles. The highest BCUT2D eigenvalue weighted by atomic mass is 32.2. The highest BCUT2D eigenvalue weighted by Gasteiger charge is 2.08. The highest BCUT2D eigenvalue weighted by molar-refractivity contribution is 7.84. The lowest BCUT2D eigenvalue weighted by molar-refractivity contribution is 0.411. The Morgan fingerprint density at radius 1 is 1.53 bits per heavy atom. The number of nitrogens with zero attached hydrogens (tertiary/aromatic N) is 1. The van der Waals surface area contributed by atoms with E-state index in [0.717, 1.165) is 12.0 Å². The van der Waals surface area contributed by atoms with E-state index in [-0.39, 0.29) is 0 Å². The molecule has 5 heteroatoms. The molecule has 0 amide bonds. The molecule has 0 heterocycles. The Kier molecular flexibility index (Phi) is 5.67.